The molecule has 0 radical (unpaired) electrons. The highest BCUT2D eigenvalue weighted by molar-refractivity contribution is 5.67. The first-order valence-electron chi connectivity index (χ1n) is 6.42. The summed E-state index contributed by atoms with van der Waals surface area (Å²) in [4.78, 5) is 0. The van der Waals surface area contributed by atoms with Gasteiger partial charge in [-0.1, -0.05) is 5.16 Å². The minimum Gasteiger partial charge on any atom is -0.497 e. The molecule has 0 saturated carbocycles. The normalized spacial score (nSPS) is 10.1. The van der Waals surface area contributed by atoms with Crippen molar-refractivity contribution in [1.82, 2.24) is 5.16 Å². The number of nitriles is 1. The Labute approximate surface area is 122 Å². The maximum atomic E-state index is 8.80. The SMILES string of the molecule is COc1ccc(-c2cc(-c3ccc(C#N)cc3)on2)cc1. The van der Waals surface area contributed by atoms with E-state index in [1.807, 2.05) is 42.5 Å². The van der Waals surface area contributed by atoms with E-state index in [0.29, 0.717) is 11.3 Å². The predicted octanol–water partition coefficient (Wildman–Crippen LogP) is 3.89. The molecule has 0 unspecified atom stereocenters. The van der Waals surface area contributed by atoms with E-state index in [1.165, 1.54) is 0 Å². The van der Waals surface area contributed by atoms with Crippen molar-refractivity contribution >= 4 is 0 Å². The van der Waals surface area contributed by atoms with Crippen LogP contribution in [0.25, 0.3) is 22.6 Å². The largest absolute Gasteiger partial charge is 0.497 e. The standard InChI is InChI=1S/C17H12N2O2/c1-20-15-8-6-13(7-9-15)16-10-17(21-19-16)14-4-2-12(11-18)3-5-14/h2-10H,1H3. The zero-order valence-electron chi connectivity index (χ0n) is 11.4. The highest BCUT2D eigenvalue weighted by atomic mass is 16.5. The second-order valence-corrected chi connectivity index (χ2v) is 4.49. The first-order valence-corrected chi connectivity index (χ1v) is 6.42. The summed E-state index contributed by atoms with van der Waals surface area (Å²) in [5.41, 5.74) is 3.23. The Balaban J connectivity index is 1.89. The fourth-order valence-electron chi connectivity index (χ4n) is 2.02. The lowest BCUT2D eigenvalue weighted by molar-refractivity contribution is 0.415. The van der Waals surface area contributed by atoms with Crippen LogP contribution in [0.2, 0.25) is 0 Å². The molecule has 0 atom stereocenters. The molecule has 4 nitrogen and oxygen atoms in total. The van der Waals surface area contributed by atoms with Gasteiger partial charge in [0, 0.05) is 17.2 Å². The maximum Gasteiger partial charge on any atom is 0.167 e. The molecular formula is C17H12N2O2. The summed E-state index contributed by atoms with van der Waals surface area (Å²) >= 11 is 0. The first kappa shape index (κ1) is 12.9. The van der Waals surface area contributed by atoms with E-state index >= 15 is 0 Å². The molecule has 0 aliphatic rings. The highest BCUT2D eigenvalue weighted by Crippen LogP contribution is 2.27. The second kappa shape index (κ2) is 5.51. The number of hydrogen-bond acceptors (Lipinski definition) is 4. The molecule has 0 N–H and O–H groups in total. The molecule has 0 saturated heterocycles. The van der Waals surface area contributed by atoms with Gasteiger partial charge < -0.3 is 9.26 Å². The molecule has 0 aliphatic heterocycles. The number of benzene rings is 2. The lowest BCUT2D eigenvalue weighted by Crippen LogP contribution is -1.82. The van der Waals surface area contributed by atoms with Crippen LogP contribution in [0, 0.1) is 11.3 Å². The Kier molecular flexibility index (Phi) is 3.40. The Hall–Kier alpha value is -3.06. The zero-order valence-corrected chi connectivity index (χ0v) is 11.4. The average molecular weight is 276 g/mol. The summed E-state index contributed by atoms with van der Waals surface area (Å²) in [6.45, 7) is 0. The van der Waals surface area contributed by atoms with Gasteiger partial charge in [-0.3, -0.25) is 0 Å². The number of hydrogen-bond donors (Lipinski definition) is 0. The molecule has 1 heterocycles. The third-order valence-electron chi connectivity index (χ3n) is 3.19. The lowest BCUT2D eigenvalue weighted by atomic mass is 10.1. The van der Waals surface area contributed by atoms with Crippen LogP contribution in [-0.2, 0) is 0 Å². The summed E-state index contributed by atoms with van der Waals surface area (Å²) in [5.74, 6) is 1.47. The van der Waals surface area contributed by atoms with Crippen LogP contribution in [0.15, 0.2) is 59.1 Å². The Bertz CT molecular complexity index is 781. The van der Waals surface area contributed by atoms with Crippen LogP contribution in [0.3, 0.4) is 0 Å². The van der Waals surface area contributed by atoms with Crippen molar-refractivity contribution < 1.29 is 9.26 Å². The van der Waals surface area contributed by atoms with Gasteiger partial charge in [0.25, 0.3) is 0 Å². The second-order valence-electron chi connectivity index (χ2n) is 4.49. The number of nitrogens with zero attached hydrogens (tertiary/aromatic N) is 2. The maximum absolute atomic E-state index is 8.80. The molecule has 1 aromatic heterocycles. The van der Waals surface area contributed by atoms with E-state index in [1.54, 1.807) is 19.2 Å². The highest BCUT2D eigenvalue weighted by Gasteiger charge is 2.08. The predicted molar refractivity (Wildman–Crippen MR) is 78.6 cm³/mol. The van der Waals surface area contributed by atoms with Gasteiger partial charge in [0.1, 0.15) is 11.4 Å². The van der Waals surface area contributed by atoms with Crippen LogP contribution >= 0.6 is 0 Å². The molecule has 3 aromatic rings. The van der Waals surface area contributed by atoms with E-state index in [0.717, 1.165) is 22.6 Å². The zero-order chi connectivity index (χ0) is 14.7. The molecule has 102 valence electrons. The Morgan fingerprint density at radius 3 is 2.29 bits per heavy atom. The van der Waals surface area contributed by atoms with Gasteiger partial charge in [-0.05, 0) is 48.5 Å². The van der Waals surface area contributed by atoms with Crippen molar-refractivity contribution in [1.29, 1.82) is 5.26 Å². The van der Waals surface area contributed by atoms with Gasteiger partial charge in [0.05, 0.1) is 18.7 Å². The van der Waals surface area contributed by atoms with Gasteiger partial charge in [-0.25, -0.2) is 0 Å². The van der Waals surface area contributed by atoms with Gasteiger partial charge in [0.2, 0.25) is 0 Å². The summed E-state index contributed by atoms with van der Waals surface area (Å²) in [6, 6.07) is 18.8. The van der Waals surface area contributed by atoms with Crippen molar-refractivity contribution in [2.45, 2.75) is 0 Å². The Morgan fingerprint density at radius 1 is 1.00 bits per heavy atom. The van der Waals surface area contributed by atoms with Crippen LogP contribution in [0.5, 0.6) is 5.75 Å². The molecule has 2 aromatic carbocycles. The van der Waals surface area contributed by atoms with Crippen LogP contribution in [0.4, 0.5) is 0 Å². The minimum atomic E-state index is 0.619. The van der Waals surface area contributed by atoms with Gasteiger partial charge in [-0.15, -0.1) is 0 Å². The fourth-order valence-corrected chi connectivity index (χ4v) is 2.02. The molecule has 0 bridgehead atoms. The van der Waals surface area contributed by atoms with E-state index in [9.17, 15) is 0 Å². The lowest BCUT2D eigenvalue weighted by Gasteiger charge is -1.99. The summed E-state index contributed by atoms with van der Waals surface area (Å²) in [6.07, 6.45) is 0. The van der Waals surface area contributed by atoms with Crippen molar-refractivity contribution in [3.63, 3.8) is 0 Å². The molecule has 21 heavy (non-hydrogen) atoms. The smallest absolute Gasteiger partial charge is 0.167 e. The summed E-state index contributed by atoms with van der Waals surface area (Å²) < 4.78 is 10.5. The van der Waals surface area contributed by atoms with Crippen molar-refractivity contribution in [3.8, 4) is 34.4 Å². The molecule has 0 spiro atoms. The van der Waals surface area contributed by atoms with E-state index in [4.69, 9.17) is 14.5 Å². The third kappa shape index (κ3) is 2.63. The van der Waals surface area contributed by atoms with Crippen molar-refractivity contribution in [2.24, 2.45) is 0 Å². The molecule has 0 amide bonds. The topological polar surface area (TPSA) is 59.0 Å². The van der Waals surface area contributed by atoms with Gasteiger partial charge in [-0.2, -0.15) is 5.26 Å². The summed E-state index contributed by atoms with van der Waals surface area (Å²) in [7, 11) is 1.63. The minimum absolute atomic E-state index is 0.619. The van der Waals surface area contributed by atoms with Crippen molar-refractivity contribution in [3.05, 3.63) is 60.2 Å². The van der Waals surface area contributed by atoms with E-state index < -0.39 is 0 Å². The monoisotopic (exact) mass is 276 g/mol. The van der Waals surface area contributed by atoms with Gasteiger partial charge >= 0.3 is 0 Å². The molecule has 3 rings (SSSR count). The molecule has 4 heteroatoms. The average Bonchev–Trinajstić information content (AvgIpc) is 3.05. The summed E-state index contributed by atoms with van der Waals surface area (Å²) in [5, 5.41) is 12.9. The van der Waals surface area contributed by atoms with Crippen LogP contribution in [0.1, 0.15) is 5.56 Å². The molecular weight excluding hydrogens is 264 g/mol. The number of aromatic nitrogens is 1. The first-order chi connectivity index (χ1) is 10.3. The van der Waals surface area contributed by atoms with Gasteiger partial charge in [0.15, 0.2) is 5.76 Å². The van der Waals surface area contributed by atoms with E-state index in [-0.39, 0.29) is 0 Å². The van der Waals surface area contributed by atoms with Crippen LogP contribution in [-0.4, -0.2) is 12.3 Å². The van der Waals surface area contributed by atoms with Crippen LogP contribution < -0.4 is 4.74 Å². The number of ether oxygens (including phenoxy) is 1. The fraction of sp³-hybridized carbons (Fsp3) is 0.0588. The number of rotatable bonds is 3. The Morgan fingerprint density at radius 2 is 1.67 bits per heavy atom. The third-order valence-corrected chi connectivity index (χ3v) is 3.19. The molecule has 0 aliphatic carbocycles. The quantitative estimate of drug-likeness (QED) is 0.728. The molecule has 0 fully saturated rings. The van der Waals surface area contributed by atoms with Crippen molar-refractivity contribution in [2.75, 3.05) is 7.11 Å². The number of methoxy groups -OCH3 is 1. The van der Waals surface area contributed by atoms with E-state index in [2.05, 4.69) is 11.2 Å².